The first-order valence-electron chi connectivity index (χ1n) is 5.64. The Morgan fingerprint density at radius 1 is 1.40 bits per heavy atom. The molecule has 0 bridgehead atoms. The van der Waals surface area contributed by atoms with Gasteiger partial charge in [0.05, 0.1) is 0 Å². The normalized spacial score (nSPS) is 23.7. The van der Waals surface area contributed by atoms with Crippen LogP contribution in [-0.2, 0) is 9.47 Å². The summed E-state index contributed by atoms with van der Waals surface area (Å²) in [5.41, 5.74) is 6.08. The molecule has 2 N–H and O–H groups in total. The molecule has 0 aromatic carbocycles. The quantitative estimate of drug-likeness (QED) is 0.561. The Labute approximate surface area is 92.6 Å². The van der Waals surface area contributed by atoms with E-state index in [9.17, 15) is 0 Å². The van der Waals surface area contributed by atoms with E-state index in [-0.39, 0.29) is 11.8 Å². The Morgan fingerprint density at radius 2 is 1.93 bits per heavy atom. The molecule has 1 saturated carbocycles. The Hall–Kier alpha value is -0.380. The van der Waals surface area contributed by atoms with Crippen molar-refractivity contribution >= 4 is 0 Å². The first-order chi connectivity index (χ1) is 7.17. The fourth-order valence-electron chi connectivity index (χ4n) is 2.38. The van der Waals surface area contributed by atoms with Crippen LogP contribution in [0.15, 0.2) is 12.7 Å². The van der Waals surface area contributed by atoms with Gasteiger partial charge in [-0.05, 0) is 25.2 Å². The molecule has 0 amide bonds. The second-order valence-corrected chi connectivity index (χ2v) is 4.34. The predicted molar refractivity (Wildman–Crippen MR) is 61.5 cm³/mol. The number of methoxy groups -OCH3 is 2. The van der Waals surface area contributed by atoms with Crippen LogP contribution in [0.2, 0.25) is 0 Å². The van der Waals surface area contributed by atoms with Crippen LogP contribution in [0, 0.1) is 5.92 Å². The SMILES string of the molecule is C=CCC(N)C1CCC(OC)(OC)CC1. The molecule has 3 nitrogen and oxygen atoms in total. The van der Waals surface area contributed by atoms with Crippen LogP contribution in [0.3, 0.4) is 0 Å². The van der Waals surface area contributed by atoms with Crippen molar-refractivity contribution in [2.45, 2.75) is 43.9 Å². The summed E-state index contributed by atoms with van der Waals surface area (Å²) in [5.74, 6) is 0.228. The highest BCUT2D eigenvalue weighted by Crippen LogP contribution is 2.36. The van der Waals surface area contributed by atoms with Gasteiger partial charge in [0.25, 0.3) is 0 Å². The molecule has 0 aliphatic heterocycles. The Bertz CT molecular complexity index is 192. The van der Waals surface area contributed by atoms with Crippen molar-refractivity contribution in [3.05, 3.63) is 12.7 Å². The summed E-state index contributed by atoms with van der Waals surface area (Å²) in [5, 5.41) is 0. The van der Waals surface area contributed by atoms with Gasteiger partial charge in [-0.1, -0.05) is 6.08 Å². The minimum Gasteiger partial charge on any atom is -0.353 e. The zero-order valence-corrected chi connectivity index (χ0v) is 9.87. The number of hydrogen-bond acceptors (Lipinski definition) is 3. The van der Waals surface area contributed by atoms with E-state index in [1.54, 1.807) is 14.2 Å². The van der Waals surface area contributed by atoms with Gasteiger partial charge in [0.2, 0.25) is 0 Å². The minimum atomic E-state index is -0.357. The number of rotatable bonds is 5. The lowest BCUT2D eigenvalue weighted by molar-refractivity contribution is -0.228. The van der Waals surface area contributed by atoms with Crippen molar-refractivity contribution in [2.24, 2.45) is 11.7 Å². The number of ether oxygens (including phenoxy) is 2. The average Bonchev–Trinajstić information content (AvgIpc) is 2.29. The van der Waals surface area contributed by atoms with Crippen LogP contribution in [0.1, 0.15) is 32.1 Å². The standard InChI is InChI=1S/C12H23NO2/c1-4-5-11(13)10-6-8-12(14-2,15-3)9-7-10/h4,10-11H,1,5-9,13H2,2-3H3. The van der Waals surface area contributed by atoms with Gasteiger partial charge in [0, 0.05) is 33.1 Å². The second kappa shape index (κ2) is 5.64. The molecular weight excluding hydrogens is 190 g/mol. The zero-order chi connectivity index (χ0) is 11.3. The van der Waals surface area contributed by atoms with E-state index in [1.807, 2.05) is 6.08 Å². The van der Waals surface area contributed by atoms with E-state index in [4.69, 9.17) is 15.2 Å². The molecule has 0 aromatic rings. The summed E-state index contributed by atoms with van der Waals surface area (Å²) in [6.07, 6.45) is 6.84. The van der Waals surface area contributed by atoms with E-state index >= 15 is 0 Å². The van der Waals surface area contributed by atoms with E-state index < -0.39 is 0 Å². The van der Waals surface area contributed by atoms with Crippen LogP contribution >= 0.6 is 0 Å². The largest absolute Gasteiger partial charge is 0.353 e. The molecule has 88 valence electrons. The van der Waals surface area contributed by atoms with E-state index in [1.165, 1.54) is 0 Å². The highest BCUT2D eigenvalue weighted by Gasteiger charge is 2.36. The highest BCUT2D eigenvalue weighted by atomic mass is 16.7. The molecule has 1 aliphatic rings. The Morgan fingerprint density at radius 3 is 2.33 bits per heavy atom. The van der Waals surface area contributed by atoms with Crippen molar-refractivity contribution < 1.29 is 9.47 Å². The maximum Gasteiger partial charge on any atom is 0.167 e. The van der Waals surface area contributed by atoms with Gasteiger partial charge in [-0.3, -0.25) is 0 Å². The molecule has 0 radical (unpaired) electrons. The number of hydrogen-bond donors (Lipinski definition) is 1. The number of nitrogens with two attached hydrogens (primary N) is 1. The van der Waals surface area contributed by atoms with Crippen LogP contribution in [-0.4, -0.2) is 26.0 Å². The van der Waals surface area contributed by atoms with E-state index in [2.05, 4.69) is 6.58 Å². The maximum atomic E-state index is 6.08. The predicted octanol–water partition coefficient (Wildman–Crippen LogP) is 2.07. The van der Waals surface area contributed by atoms with Gasteiger partial charge in [-0.2, -0.15) is 0 Å². The molecule has 1 atom stereocenters. The molecule has 3 heteroatoms. The van der Waals surface area contributed by atoms with Crippen LogP contribution in [0.5, 0.6) is 0 Å². The third kappa shape index (κ3) is 3.03. The first-order valence-corrected chi connectivity index (χ1v) is 5.64. The third-order valence-electron chi connectivity index (χ3n) is 3.58. The Kier molecular flexibility index (Phi) is 4.77. The molecule has 1 rings (SSSR count). The summed E-state index contributed by atoms with van der Waals surface area (Å²) in [6.45, 7) is 3.73. The van der Waals surface area contributed by atoms with Crippen molar-refractivity contribution in [2.75, 3.05) is 14.2 Å². The van der Waals surface area contributed by atoms with Crippen LogP contribution in [0.4, 0.5) is 0 Å². The molecule has 0 spiro atoms. The van der Waals surface area contributed by atoms with Crippen LogP contribution in [0.25, 0.3) is 0 Å². The molecule has 1 fully saturated rings. The molecular formula is C12H23NO2. The second-order valence-electron chi connectivity index (χ2n) is 4.34. The fourth-order valence-corrected chi connectivity index (χ4v) is 2.38. The molecule has 0 heterocycles. The van der Waals surface area contributed by atoms with E-state index in [0.29, 0.717) is 5.92 Å². The molecule has 15 heavy (non-hydrogen) atoms. The van der Waals surface area contributed by atoms with Crippen molar-refractivity contribution in [1.29, 1.82) is 0 Å². The lowest BCUT2D eigenvalue weighted by Gasteiger charge is -2.39. The summed E-state index contributed by atoms with van der Waals surface area (Å²) >= 11 is 0. The van der Waals surface area contributed by atoms with Gasteiger partial charge in [-0.15, -0.1) is 6.58 Å². The van der Waals surface area contributed by atoms with Crippen molar-refractivity contribution in [3.63, 3.8) is 0 Å². The topological polar surface area (TPSA) is 44.5 Å². The fraction of sp³-hybridized carbons (Fsp3) is 0.833. The molecule has 0 aromatic heterocycles. The smallest absolute Gasteiger partial charge is 0.167 e. The monoisotopic (exact) mass is 213 g/mol. The summed E-state index contributed by atoms with van der Waals surface area (Å²) in [7, 11) is 3.43. The Balaban J connectivity index is 2.44. The molecule has 1 unspecified atom stereocenters. The van der Waals surface area contributed by atoms with Gasteiger partial charge >= 0.3 is 0 Å². The summed E-state index contributed by atoms with van der Waals surface area (Å²) < 4.78 is 10.9. The van der Waals surface area contributed by atoms with Gasteiger partial charge in [0.15, 0.2) is 5.79 Å². The van der Waals surface area contributed by atoms with Gasteiger partial charge in [0.1, 0.15) is 0 Å². The molecule has 0 saturated heterocycles. The van der Waals surface area contributed by atoms with E-state index in [0.717, 1.165) is 32.1 Å². The highest BCUT2D eigenvalue weighted by molar-refractivity contribution is 4.87. The molecule has 1 aliphatic carbocycles. The maximum absolute atomic E-state index is 6.08. The lowest BCUT2D eigenvalue weighted by Crippen LogP contribution is -2.42. The summed E-state index contributed by atoms with van der Waals surface area (Å²) in [6, 6.07) is 0.245. The van der Waals surface area contributed by atoms with Crippen LogP contribution < -0.4 is 5.73 Å². The third-order valence-corrected chi connectivity index (χ3v) is 3.58. The average molecular weight is 213 g/mol. The van der Waals surface area contributed by atoms with Gasteiger partial charge < -0.3 is 15.2 Å². The van der Waals surface area contributed by atoms with Crippen molar-refractivity contribution in [3.8, 4) is 0 Å². The van der Waals surface area contributed by atoms with Gasteiger partial charge in [-0.25, -0.2) is 0 Å². The minimum absolute atomic E-state index is 0.245. The lowest BCUT2D eigenvalue weighted by atomic mass is 9.80. The zero-order valence-electron chi connectivity index (χ0n) is 9.87. The summed E-state index contributed by atoms with van der Waals surface area (Å²) in [4.78, 5) is 0. The van der Waals surface area contributed by atoms with Crippen molar-refractivity contribution in [1.82, 2.24) is 0 Å². The first kappa shape index (κ1) is 12.7.